The predicted molar refractivity (Wildman–Crippen MR) is 118 cm³/mol. The molecule has 154 valence electrons. The average Bonchev–Trinajstić information content (AvgIpc) is 2.56. The van der Waals surface area contributed by atoms with Crippen LogP contribution in [-0.2, 0) is 9.22 Å². The van der Waals surface area contributed by atoms with Crippen molar-refractivity contribution in [2.45, 2.75) is 129 Å². The maximum absolute atomic E-state index is 11.6. The maximum Gasteiger partial charge on any atom is 0.292 e. The predicted octanol–water partition coefficient (Wildman–Crippen LogP) is 8.18. The monoisotopic (exact) mass is 382 g/mol. The first-order chi connectivity index (χ1) is 12.5. The molecule has 26 heavy (non-hydrogen) atoms. The highest BCUT2D eigenvalue weighted by atomic mass is 28.4. The Morgan fingerprint density at radius 2 is 1.12 bits per heavy atom. The average molecular weight is 383 g/mol. The summed E-state index contributed by atoms with van der Waals surface area (Å²) >= 11 is 0. The molecule has 0 aromatic heterocycles. The highest BCUT2D eigenvalue weighted by Gasteiger charge is 2.19. The Bertz CT molecular complexity index is 345. The summed E-state index contributed by atoms with van der Waals surface area (Å²) in [5.74, 6) is 0.0110. The molecule has 0 spiro atoms. The second-order valence-corrected chi connectivity index (χ2v) is 13.1. The lowest BCUT2D eigenvalue weighted by Gasteiger charge is -2.17. The fraction of sp³-hybridized carbons (Fsp3) is 0.870. The molecule has 0 aliphatic rings. The van der Waals surface area contributed by atoms with Gasteiger partial charge < -0.3 is 4.43 Å². The Kier molecular flexibility index (Phi) is 17.4. The molecule has 0 saturated carbocycles. The van der Waals surface area contributed by atoms with E-state index < -0.39 is 8.32 Å². The van der Waals surface area contributed by atoms with Crippen molar-refractivity contribution < 1.29 is 9.22 Å². The molecule has 0 bridgehead atoms. The van der Waals surface area contributed by atoms with Gasteiger partial charge in [0.15, 0.2) is 0 Å². The summed E-state index contributed by atoms with van der Waals surface area (Å²) < 4.78 is 5.46. The summed E-state index contributed by atoms with van der Waals surface area (Å²) in [6.45, 7) is 8.47. The minimum Gasteiger partial charge on any atom is -0.520 e. The summed E-state index contributed by atoms with van der Waals surface area (Å²) in [6, 6.07) is 0. The number of carbonyl (C=O) groups excluding carboxylic acids is 1. The van der Waals surface area contributed by atoms with Crippen molar-refractivity contribution in [3.05, 3.63) is 12.2 Å². The summed E-state index contributed by atoms with van der Waals surface area (Å²) in [6.07, 6.45) is 25.0. The van der Waals surface area contributed by atoms with Gasteiger partial charge in [-0.3, -0.25) is 4.79 Å². The van der Waals surface area contributed by atoms with Gasteiger partial charge in [-0.15, -0.1) is 0 Å². The molecule has 0 saturated heterocycles. The molecule has 0 amide bonds. The van der Waals surface area contributed by atoms with Crippen molar-refractivity contribution in [1.82, 2.24) is 0 Å². The third-order valence-corrected chi connectivity index (χ3v) is 5.40. The summed E-state index contributed by atoms with van der Waals surface area (Å²) in [5, 5.41) is 0. The van der Waals surface area contributed by atoms with E-state index >= 15 is 0 Å². The standard InChI is InChI=1S/C23H46O2Si/c1-5-6-7-8-9-10-11-12-13-14-15-16-17-18-19-20-21-22-23(24)25-26(2,3)4/h12-13H,5-11,14-22H2,1-4H3/b13-12+. The van der Waals surface area contributed by atoms with Crippen LogP contribution in [-0.4, -0.2) is 14.3 Å². The van der Waals surface area contributed by atoms with Crippen LogP contribution in [0.15, 0.2) is 12.2 Å². The summed E-state index contributed by atoms with van der Waals surface area (Å²) in [7, 11) is -1.69. The van der Waals surface area contributed by atoms with Gasteiger partial charge in [0, 0.05) is 6.42 Å². The highest BCUT2D eigenvalue weighted by molar-refractivity contribution is 6.71. The van der Waals surface area contributed by atoms with Crippen LogP contribution in [0.1, 0.15) is 110 Å². The number of unbranched alkanes of at least 4 members (excludes halogenated alkanes) is 13. The molecule has 0 aromatic rings. The van der Waals surface area contributed by atoms with Crippen LogP contribution >= 0.6 is 0 Å². The molecule has 0 rings (SSSR count). The molecular weight excluding hydrogens is 336 g/mol. The van der Waals surface area contributed by atoms with Crippen LogP contribution in [0.2, 0.25) is 19.6 Å². The van der Waals surface area contributed by atoms with E-state index in [2.05, 4.69) is 38.7 Å². The molecule has 0 aromatic carbocycles. The second kappa shape index (κ2) is 17.8. The Labute approximate surface area is 165 Å². The highest BCUT2D eigenvalue weighted by Crippen LogP contribution is 2.12. The van der Waals surface area contributed by atoms with Crippen molar-refractivity contribution in [2.75, 3.05) is 0 Å². The molecule has 0 unspecified atom stereocenters. The van der Waals surface area contributed by atoms with E-state index in [-0.39, 0.29) is 5.97 Å². The van der Waals surface area contributed by atoms with Crippen LogP contribution in [0.25, 0.3) is 0 Å². The van der Waals surface area contributed by atoms with Gasteiger partial charge in [0.1, 0.15) is 0 Å². The third kappa shape index (κ3) is 21.5. The van der Waals surface area contributed by atoms with Gasteiger partial charge in [-0.1, -0.05) is 83.3 Å². The molecular formula is C23H46O2Si. The first-order valence-corrected chi connectivity index (χ1v) is 14.7. The Hall–Kier alpha value is -0.573. The van der Waals surface area contributed by atoms with Gasteiger partial charge in [0.25, 0.3) is 5.97 Å². The lowest BCUT2D eigenvalue weighted by Crippen LogP contribution is -2.28. The zero-order valence-electron chi connectivity index (χ0n) is 18.3. The number of allylic oxidation sites excluding steroid dienone is 2. The van der Waals surface area contributed by atoms with Crippen LogP contribution in [0.5, 0.6) is 0 Å². The van der Waals surface area contributed by atoms with Crippen LogP contribution in [0, 0.1) is 0 Å². The van der Waals surface area contributed by atoms with Gasteiger partial charge in [0.2, 0.25) is 8.32 Å². The van der Waals surface area contributed by atoms with Gasteiger partial charge in [-0.05, 0) is 51.7 Å². The molecule has 3 heteroatoms. The van der Waals surface area contributed by atoms with Gasteiger partial charge in [0.05, 0.1) is 0 Å². The minimum atomic E-state index is -1.69. The first-order valence-electron chi connectivity index (χ1n) is 11.3. The fourth-order valence-electron chi connectivity index (χ4n) is 3.09. The van der Waals surface area contributed by atoms with Crippen molar-refractivity contribution in [3.63, 3.8) is 0 Å². The third-order valence-electron chi connectivity index (χ3n) is 4.56. The molecule has 0 fully saturated rings. The SMILES string of the molecule is CCCCCCCC/C=C/CCCCCCCCCC(=O)O[Si](C)(C)C. The van der Waals surface area contributed by atoms with Crippen molar-refractivity contribution in [2.24, 2.45) is 0 Å². The van der Waals surface area contributed by atoms with Crippen LogP contribution in [0.3, 0.4) is 0 Å². The topological polar surface area (TPSA) is 26.3 Å². The Balaban J connectivity index is 3.22. The molecule has 0 aliphatic heterocycles. The first kappa shape index (κ1) is 25.4. The van der Waals surface area contributed by atoms with Crippen molar-refractivity contribution in [1.29, 1.82) is 0 Å². The van der Waals surface area contributed by atoms with Crippen molar-refractivity contribution >= 4 is 14.3 Å². The fourth-order valence-corrected chi connectivity index (χ4v) is 3.87. The van der Waals surface area contributed by atoms with Crippen LogP contribution in [0.4, 0.5) is 0 Å². The summed E-state index contributed by atoms with van der Waals surface area (Å²) in [4.78, 5) is 11.6. The molecule has 0 heterocycles. The number of rotatable bonds is 18. The van der Waals surface area contributed by atoms with Gasteiger partial charge >= 0.3 is 0 Å². The van der Waals surface area contributed by atoms with Crippen molar-refractivity contribution in [3.8, 4) is 0 Å². The van der Waals surface area contributed by atoms with E-state index in [1.165, 1.54) is 89.9 Å². The van der Waals surface area contributed by atoms with Gasteiger partial charge in [-0.25, -0.2) is 0 Å². The number of hydrogen-bond donors (Lipinski definition) is 0. The van der Waals surface area contributed by atoms with Gasteiger partial charge in [-0.2, -0.15) is 0 Å². The molecule has 0 N–H and O–H groups in total. The molecule has 0 radical (unpaired) electrons. The zero-order valence-corrected chi connectivity index (χ0v) is 19.3. The smallest absolute Gasteiger partial charge is 0.292 e. The minimum absolute atomic E-state index is 0.0110. The Morgan fingerprint density at radius 1 is 0.692 bits per heavy atom. The van der Waals surface area contributed by atoms with E-state index in [9.17, 15) is 4.79 Å². The molecule has 0 atom stereocenters. The Morgan fingerprint density at radius 3 is 1.58 bits per heavy atom. The number of carbonyl (C=O) groups is 1. The van der Waals surface area contributed by atoms with E-state index in [0.717, 1.165) is 6.42 Å². The summed E-state index contributed by atoms with van der Waals surface area (Å²) in [5.41, 5.74) is 0. The quantitative estimate of drug-likeness (QED) is 0.136. The largest absolute Gasteiger partial charge is 0.520 e. The van der Waals surface area contributed by atoms with Crippen LogP contribution < -0.4 is 0 Å². The number of hydrogen-bond acceptors (Lipinski definition) is 2. The lowest BCUT2D eigenvalue weighted by molar-refractivity contribution is -0.135. The maximum atomic E-state index is 11.6. The second-order valence-electron chi connectivity index (χ2n) is 8.63. The molecule has 2 nitrogen and oxygen atoms in total. The van der Waals surface area contributed by atoms with E-state index in [4.69, 9.17) is 4.43 Å². The normalized spacial score (nSPS) is 12.0. The van der Waals surface area contributed by atoms with E-state index in [1.54, 1.807) is 0 Å². The lowest BCUT2D eigenvalue weighted by atomic mass is 10.1. The zero-order chi connectivity index (χ0) is 19.5. The molecule has 0 aliphatic carbocycles. The van der Waals surface area contributed by atoms with E-state index in [1.807, 2.05) is 0 Å². The van der Waals surface area contributed by atoms with E-state index in [0.29, 0.717) is 6.42 Å².